The maximum atomic E-state index is 13.4. The fourth-order valence-corrected chi connectivity index (χ4v) is 5.81. The van der Waals surface area contributed by atoms with E-state index in [0.717, 1.165) is 25.7 Å². The topological polar surface area (TPSA) is 239 Å². The highest BCUT2D eigenvalue weighted by Gasteiger charge is 2.33. The molecule has 0 aromatic carbocycles. The molecule has 13 nitrogen and oxygen atoms in total. The highest BCUT2D eigenvalue weighted by molar-refractivity contribution is 6.43. The average Bonchev–Trinajstić information content (AvgIpc) is 3.04. The van der Waals surface area contributed by atoms with Crippen molar-refractivity contribution < 1.29 is 43.9 Å². The number of aliphatic hydroxyl groups excluding tert-OH is 1. The van der Waals surface area contributed by atoms with Crippen LogP contribution < -0.4 is 22.1 Å². The zero-order valence-electron chi connectivity index (χ0n) is 31.1. The van der Waals surface area contributed by atoms with Crippen molar-refractivity contribution in [1.29, 1.82) is 0 Å². The van der Waals surface area contributed by atoms with Gasteiger partial charge < -0.3 is 37.3 Å². The van der Waals surface area contributed by atoms with Gasteiger partial charge in [0.1, 0.15) is 11.8 Å². The fourth-order valence-electron chi connectivity index (χ4n) is 5.81. The third-order valence-electron chi connectivity index (χ3n) is 9.14. The molecule has 14 heteroatoms. The molecule has 0 saturated carbocycles. The second-order valence-corrected chi connectivity index (χ2v) is 14.1. The molecule has 0 aliphatic heterocycles. The van der Waals surface area contributed by atoms with E-state index in [1.54, 1.807) is 0 Å². The number of unbranched alkanes of at least 4 members (excludes halogenated alkanes) is 11. The SMILES string of the molecule is CCCCCCCCCCCCCC(=O)C[C@@H](CCCCN)C(=O)N[C@H](C(=O)C[C@@H](C)C(=O)N[C@@H](CC(N)=O)C(=O)C[C@@H](C)B(O)O)[C@@H](C)O. The molecule has 0 spiro atoms. The highest BCUT2D eigenvalue weighted by atomic mass is 16.4. The van der Waals surface area contributed by atoms with Crippen molar-refractivity contribution >= 4 is 42.2 Å². The van der Waals surface area contributed by atoms with E-state index < -0.39 is 85.1 Å². The van der Waals surface area contributed by atoms with Crippen LogP contribution in [0.4, 0.5) is 0 Å². The minimum atomic E-state index is -1.78. The van der Waals surface area contributed by atoms with E-state index in [1.807, 2.05) is 0 Å². The Balaban J connectivity index is 5.17. The summed E-state index contributed by atoms with van der Waals surface area (Å²) < 4.78 is 0. The molecule has 6 atom stereocenters. The van der Waals surface area contributed by atoms with E-state index in [2.05, 4.69) is 17.6 Å². The Morgan fingerprint density at radius 1 is 0.680 bits per heavy atom. The standard InChI is InChI=1S/C36H67BN4O9/c1-5-6-7-8-9-10-11-12-13-14-15-19-29(43)23-28(18-16-17-20-38)36(48)41-34(27(4)42)32(45)21-25(2)35(47)40-30(24-33(39)46)31(44)22-26(3)37(49)50/h25-28,30,34,42,49-50H,5-24,38H2,1-4H3,(H2,39,46)(H,40,47)(H,41,48)/t25-,26-,27-,28-,30+,34+/m1/s1. The first-order chi connectivity index (χ1) is 23.6. The van der Waals surface area contributed by atoms with Gasteiger partial charge in [0.15, 0.2) is 11.6 Å². The van der Waals surface area contributed by atoms with Crippen molar-refractivity contribution in [3.8, 4) is 0 Å². The number of carbonyl (C=O) groups excluding carboxylic acids is 6. The molecule has 0 aliphatic rings. The number of nitrogens with two attached hydrogens (primary N) is 2. The second-order valence-electron chi connectivity index (χ2n) is 14.1. The Morgan fingerprint density at radius 3 is 1.74 bits per heavy atom. The van der Waals surface area contributed by atoms with Crippen LogP contribution in [0.15, 0.2) is 0 Å². The maximum Gasteiger partial charge on any atom is 0.454 e. The Labute approximate surface area is 300 Å². The van der Waals surface area contributed by atoms with Crippen LogP contribution in [-0.2, 0) is 28.8 Å². The molecule has 0 heterocycles. The summed E-state index contributed by atoms with van der Waals surface area (Å²) >= 11 is 0. The summed E-state index contributed by atoms with van der Waals surface area (Å²) in [6.45, 7) is 6.82. The van der Waals surface area contributed by atoms with Gasteiger partial charge in [0.25, 0.3) is 0 Å². The first kappa shape index (κ1) is 47.3. The van der Waals surface area contributed by atoms with Gasteiger partial charge in [0.2, 0.25) is 17.7 Å². The van der Waals surface area contributed by atoms with Gasteiger partial charge >= 0.3 is 7.12 Å². The maximum absolute atomic E-state index is 13.4. The van der Waals surface area contributed by atoms with E-state index in [-0.39, 0.29) is 18.6 Å². The molecule has 0 aliphatic carbocycles. The minimum absolute atomic E-state index is 0.0227. The zero-order valence-corrected chi connectivity index (χ0v) is 31.1. The van der Waals surface area contributed by atoms with Crippen molar-refractivity contribution in [3.63, 3.8) is 0 Å². The van der Waals surface area contributed by atoms with Crippen molar-refractivity contribution in [2.45, 2.75) is 174 Å². The van der Waals surface area contributed by atoms with Crippen LogP contribution >= 0.6 is 0 Å². The van der Waals surface area contributed by atoms with Gasteiger partial charge in [-0.2, -0.15) is 0 Å². The molecule has 0 rings (SSSR count). The smallest absolute Gasteiger partial charge is 0.427 e. The summed E-state index contributed by atoms with van der Waals surface area (Å²) in [7, 11) is -1.78. The van der Waals surface area contributed by atoms with Crippen LogP contribution in [-0.4, -0.2) is 82.1 Å². The Hall–Kier alpha value is -2.68. The van der Waals surface area contributed by atoms with Crippen LogP contribution in [0.3, 0.4) is 0 Å². The first-order valence-electron chi connectivity index (χ1n) is 18.8. The molecule has 50 heavy (non-hydrogen) atoms. The lowest BCUT2D eigenvalue weighted by molar-refractivity contribution is -0.136. The van der Waals surface area contributed by atoms with Gasteiger partial charge in [0, 0.05) is 37.5 Å². The molecule has 288 valence electrons. The lowest BCUT2D eigenvalue weighted by Gasteiger charge is -2.25. The van der Waals surface area contributed by atoms with Crippen LogP contribution in [0.25, 0.3) is 0 Å². The Morgan fingerprint density at radius 2 is 1.24 bits per heavy atom. The number of nitrogens with one attached hydrogen (secondary N) is 2. The van der Waals surface area contributed by atoms with E-state index in [1.165, 1.54) is 65.7 Å². The van der Waals surface area contributed by atoms with Crippen LogP contribution in [0.1, 0.15) is 150 Å². The predicted molar refractivity (Wildman–Crippen MR) is 194 cm³/mol. The van der Waals surface area contributed by atoms with Crippen LogP contribution in [0, 0.1) is 11.8 Å². The summed E-state index contributed by atoms with van der Waals surface area (Å²) in [6.07, 6.45) is 12.4. The number of rotatable bonds is 32. The van der Waals surface area contributed by atoms with Crippen molar-refractivity contribution in [3.05, 3.63) is 0 Å². The largest absolute Gasteiger partial charge is 0.454 e. The average molecular weight is 711 g/mol. The number of hydrogen-bond donors (Lipinski definition) is 7. The fraction of sp³-hybridized carbons (Fsp3) is 0.833. The molecule has 0 aromatic rings. The number of ketones is 3. The summed E-state index contributed by atoms with van der Waals surface area (Å²) in [5, 5.41) is 34.0. The molecule has 0 aromatic heterocycles. The monoisotopic (exact) mass is 711 g/mol. The van der Waals surface area contributed by atoms with Gasteiger partial charge in [-0.05, 0) is 38.5 Å². The van der Waals surface area contributed by atoms with Gasteiger partial charge in [0.05, 0.1) is 18.6 Å². The molecule has 0 unspecified atom stereocenters. The first-order valence-corrected chi connectivity index (χ1v) is 18.8. The summed E-state index contributed by atoms with van der Waals surface area (Å²) in [6, 6.07) is -2.67. The molecule has 9 N–H and O–H groups in total. The van der Waals surface area contributed by atoms with E-state index >= 15 is 0 Å². The van der Waals surface area contributed by atoms with E-state index in [0.29, 0.717) is 32.2 Å². The quantitative estimate of drug-likeness (QED) is 0.0398. The number of Topliss-reactive ketones (excluding diaryl/α,β-unsaturated/α-hetero) is 3. The van der Waals surface area contributed by atoms with Crippen LogP contribution in [0.5, 0.6) is 0 Å². The second kappa shape index (κ2) is 28.0. The van der Waals surface area contributed by atoms with E-state index in [9.17, 15) is 43.9 Å². The Kier molecular flexibility index (Phi) is 26.5. The Bertz CT molecular complexity index is 1030. The number of primary amides is 1. The van der Waals surface area contributed by atoms with Crippen LogP contribution in [0.2, 0.25) is 5.82 Å². The third kappa shape index (κ3) is 22.2. The van der Waals surface area contributed by atoms with Crippen molar-refractivity contribution in [1.82, 2.24) is 10.6 Å². The van der Waals surface area contributed by atoms with Crippen molar-refractivity contribution in [2.75, 3.05) is 6.54 Å². The van der Waals surface area contributed by atoms with Gasteiger partial charge in [-0.1, -0.05) is 91.4 Å². The summed E-state index contributed by atoms with van der Waals surface area (Å²) in [5.41, 5.74) is 10.9. The minimum Gasteiger partial charge on any atom is -0.427 e. The number of hydrogen-bond acceptors (Lipinski definition) is 10. The molecular formula is C36H67BN4O9. The highest BCUT2D eigenvalue weighted by Crippen LogP contribution is 2.19. The van der Waals surface area contributed by atoms with E-state index in [4.69, 9.17) is 11.5 Å². The molecular weight excluding hydrogens is 643 g/mol. The molecule has 0 fully saturated rings. The van der Waals surface area contributed by atoms with Gasteiger partial charge in [-0.15, -0.1) is 0 Å². The summed E-state index contributed by atoms with van der Waals surface area (Å²) in [4.78, 5) is 76.7. The summed E-state index contributed by atoms with van der Waals surface area (Å²) in [5.74, 6) is -5.99. The molecule has 3 amide bonds. The number of amides is 3. The molecule has 0 saturated heterocycles. The lowest BCUT2D eigenvalue weighted by atomic mass is 9.71. The third-order valence-corrected chi connectivity index (χ3v) is 9.14. The number of aliphatic hydroxyl groups is 1. The zero-order chi connectivity index (χ0) is 38.1. The molecule has 0 bridgehead atoms. The van der Waals surface area contributed by atoms with Gasteiger partial charge in [-0.3, -0.25) is 28.8 Å². The number of carbonyl (C=O) groups is 6. The normalized spacial score (nSPS) is 14.9. The van der Waals surface area contributed by atoms with Gasteiger partial charge in [-0.25, -0.2) is 0 Å². The molecule has 0 radical (unpaired) electrons. The van der Waals surface area contributed by atoms with Crippen molar-refractivity contribution in [2.24, 2.45) is 23.3 Å². The predicted octanol–water partition coefficient (Wildman–Crippen LogP) is 3.04. The lowest BCUT2D eigenvalue weighted by Crippen LogP contribution is -2.51.